The molecule has 31 heavy (non-hydrogen) atoms. The minimum atomic E-state index is -1.95. The second-order valence-electron chi connectivity index (χ2n) is 7.99. The minimum absolute atomic E-state index is 0.180. The molecular formula is C26H38FN3O. The third-order valence-corrected chi connectivity index (χ3v) is 5.02. The summed E-state index contributed by atoms with van der Waals surface area (Å²) >= 11 is 0. The molecule has 170 valence electrons. The molecule has 0 bridgehead atoms. The van der Waals surface area contributed by atoms with E-state index < -0.39 is 5.79 Å². The number of nitrogens with zero attached hydrogens (tertiary/aromatic N) is 1. The summed E-state index contributed by atoms with van der Waals surface area (Å²) in [5.74, 6) is -1.14. The fourth-order valence-electron chi connectivity index (χ4n) is 2.74. The minimum Gasteiger partial charge on any atom is -0.490 e. The van der Waals surface area contributed by atoms with E-state index in [0.29, 0.717) is 6.54 Å². The lowest BCUT2D eigenvalue weighted by Gasteiger charge is -2.19. The zero-order valence-corrected chi connectivity index (χ0v) is 19.7. The topological polar surface area (TPSA) is 59.6 Å². The first kappa shape index (κ1) is 26.4. The molecule has 0 fully saturated rings. The second kappa shape index (κ2) is 12.3. The summed E-state index contributed by atoms with van der Waals surface area (Å²) in [4.78, 5) is 4.11. The summed E-state index contributed by atoms with van der Waals surface area (Å²) in [7, 11) is 0. The molecule has 2 atom stereocenters. The van der Waals surface area contributed by atoms with Crippen LogP contribution in [0.5, 0.6) is 5.75 Å². The number of halogens is 1. The number of benzene rings is 1. The lowest BCUT2D eigenvalue weighted by Crippen LogP contribution is -2.38. The highest BCUT2D eigenvalue weighted by atomic mass is 19.1. The quantitative estimate of drug-likeness (QED) is 0.217. The highest BCUT2D eigenvalue weighted by Gasteiger charge is 2.19. The number of allylic oxidation sites excluding steroid dienone is 1. The number of alkyl halides is 1. The lowest BCUT2D eigenvalue weighted by atomic mass is 10.0. The third-order valence-electron chi connectivity index (χ3n) is 5.02. The molecule has 0 saturated heterocycles. The van der Waals surface area contributed by atoms with Crippen molar-refractivity contribution in [3.63, 3.8) is 0 Å². The van der Waals surface area contributed by atoms with Crippen molar-refractivity contribution < 1.29 is 9.13 Å². The van der Waals surface area contributed by atoms with Gasteiger partial charge in [-0.05, 0) is 62.9 Å². The first-order valence-corrected chi connectivity index (χ1v) is 10.8. The first-order valence-electron chi connectivity index (χ1n) is 10.8. The summed E-state index contributed by atoms with van der Waals surface area (Å²) in [6.45, 7) is 21.6. The van der Waals surface area contributed by atoms with Gasteiger partial charge in [0, 0.05) is 24.0 Å². The Morgan fingerprint density at radius 3 is 2.42 bits per heavy atom. The molecule has 5 heteroatoms. The maximum absolute atomic E-state index is 13.7. The second-order valence-corrected chi connectivity index (χ2v) is 7.99. The van der Waals surface area contributed by atoms with Crippen LogP contribution in [-0.4, -0.2) is 24.2 Å². The van der Waals surface area contributed by atoms with Gasteiger partial charge in [-0.1, -0.05) is 51.7 Å². The number of ether oxygens (including phenoxy) is 1. The van der Waals surface area contributed by atoms with Crippen LogP contribution in [0.25, 0.3) is 11.3 Å². The highest BCUT2D eigenvalue weighted by molar-refractivity contribution is 5.89. The van der Waals surface area contributed by atoms with Gasteiger partial charge in [0.05, 0.1) is 11.8 Å². The number of hydrogen-bond donors (Lipinski definition) is 2. The van der Waals surface area contributed by atoms with Crippen molar-refractivity contribution in [3.8, 4) is 5.75 Å². The van der Waals surface area contributed by atoms with Crippen molar-refractivity contribution in [1.29, 1.82) is 0 Å². The smallest absolute Gasteiger partial charge is 0.194 e. The molecule has 0 radical (unpaired) electrons. The summed E-state index contributed by atoms with van der Waals surface area (Å²) in [6, 6.07) is 6.04. The highest BCUT2D eigenvalue weighted by Crippen LogP contribution is 2.26. The first-order chi connectivity index (χ1) is 14.5. The van der Waals surface area contributed by atoms with Crippen LogP contribution in [0.4, 0.5) is 4.39 Å². The Balaban J connectivity index is 3.03. The Bertz CT molecular complexity index is 847. The molecule has 2 unspecified atom stereocenters. The van der Waals surface area contributed by atoms with Crippen molar-refractivity contribution in [2.24, 2.45) is 10.7 Å². The molecule has 4 nitrogen and oxygen atoms in total. The van der Waals surface area contributed by atoms with Gasteiger partial charge in [0.1, 0.15) is 5.75 Å². The van der Waals surface area contributed by atoms with Crippen LogP contribution >= 0.6 is 0 Å². The zero-order valence-electron chi connectivity index (χ0n) is 19.7. The monoisotopic (exact) mass is 427 g/mol. The van der Waals surface area contributed by atoms with Crippen molar-refractivity contribution in [2.75, 3.05) is 6.54 Å². The number of aliphatic imine (C=N–C) groups is 1. The number of nitrogens with one attached hydrogen (secondary N) is 1. The van der Waals surface area contributed by atoms with Crippen molar-refractivity contribution in [2.45, 2.75) is 65.8 Å². The summed E-state index contributed by atoms with van der Waals surface area (Å²) in [5.41, 5.74) is 10.0. The predicted molar refractivity (Wildman–Crippen MR) is 133 cm³/mol. The van der Waals surface area contributed by atoms with E-state index in [-0.39, 0.29) is 11.8 Å². The molecule has 1 aromatic carbocycles. The van der Waals surface area contributed by atoms with E-state index in [1.165, 1.54) is 6.92 Å². The Morgan fingerprint density at radius 2 is 1.90 bits per heavy atom. The Morgan fingerprint density at radius 1 is 1.26 bits per heavy atom. The maximum Gasteiger partial charge on any atom is 0.194 e. The molecule has 0 amide bonds. The molecule has 0 saturated carbocycles. The molecule has 0 aliphatic rings. The molecule has 3 N–H and O–H groups in total. The van der Waals surface area contributed by atoms with Crippen molar-refractivity contribution in [1.82, 2.24) is 5.32 Å². The average Bonchev–Trinajstić information content (AvgIpc) is 2.72. The van der Waals surface area contributed by atoms with E-state index in [0.717, 1.165) is 53.0 Å². The van der Waals surface area contributed by atoms with Gasteiger partial charge in [0.2, 0.25) is 0 Å². The van der Waals surface area contributed by atoms with Gasteiger partial charge in [-0.2, -0.15) is 0 Å². The molecule has 0 aromatic heterocycles. The van der Waals surface area contributed by atoms with Crippen LogP contribution in [-0.2, 0) is 0 Å². The molecule has 0 heterocycles. The van der Waals surface area contributed by atoms with Gasteiger partial charge < -0.3 is 10.1 Å². The van der Waals surface area contributed by atoms with E-state index in [1.807, 2.05) is 25.1 Å². The summed E-state index contributed by atoms with van der Waals surface area (Å²) < 4.78 is 19.9. The lowest BCUT2D eigenvalue weighted by molar-refractivity contribution is 0.185. The number of nitrogens with two attached hydrogens (primary N) is 1. The van der Waals surface area contributed by atoms with Crippen molar-refractivity contribution >= 4 is 17.0 Å². The van der Waals surface area contributed by atoms with Crippen LogP contribution in [0.15, 0.2) is 60.8 Å². The zero-order chi connectivity index (χ0) is 23.6. The summed E-state index contributed by atoms with van der Waals surface area (Å²) in [5, 5.41) is 3.28. The van der Waals surface area contributed by atoms with Crippen LogP contribution in [0.3, 0.4) is 0 Å². The molecule has 0 spiro atoms. The number of hydrogen-bond acceptors (Lipinski definition) is 4. The Hall–Kier alpha value is -2.66. The van der Waals surface area contributed by atoms with Gasteiger partial charge in [0.25, 0.3) is 0 Å². The predicted octanol–water partition coefficient (Wildman–Crippen LogP) is 6.41. The van der Waals surface area contributed by atoms with E-state index >= 15 is 0 Å². The molecule has 1 rings (SSSR count). The Labute approximate surface area is 187 Å². The maximum atomic E-state index is 13.7. The third kappa shape index (κ3) is 8.93. The average molecular weight is 428 g/mol. The van der Waals surface area contributed by atoms with Crippen molar-refractivity contribution in [3.05, 3.63) is 66.9 Å². The summed E-state index contributed by atoms with van der Waals surface area (Å²) in [6.07, 6.45) is 6.44. The number of rotatable bonds is 13. The van der Waals surface area contributed by atoms with Gasteiger partial charge in [-0.3, -0.25) is 10.7 Å². The molecule has 0 aliphatic heterocycles. The van der Waals surface area contributed by atoms with E-state index in [1.54, 1.807) is 19.2 Å². The standard InChI is InChI=1S/C26H38FN3O/c1-9-12-24(11-3)31-25-14-22(18(4)5)13-23(15-25)19(6)29-16-21(10-2)17-30-20(7)26(8,27)28/h10,13-15,17,24,29H,2,4,6,9,11-12,16,28H2,1,3,5,7-8H3/b21-17+,30-20?. The van der Waals surface area contributed by atoms with Gasteiger partial charge in [-0.15, -0.1) is 0 Å². The van der Waals surface area contributed by atoms with Crippen LogP contribution < -0.4 is 15.8 Å². The van der Waals surface area contributed by atoms with Gasteiger partial charge >= 0.3 is 0 Å². The normalized spacial score (nSPS) is 15.1. The SMILES string of the molecule is C=C/C(=C\N=C(C)C(C)(N)F)CNC(=C)c1cc(OC(CC)CCC)cc(C(=C)C)c1. The van der Waals surface area contributed by atoms with E-state index in [9.17, 15) is 4.39 Å². The Kier molecular flexibility index (Phi) is 10.4. The fraction of sp³-hybridized carbons (Fsp3) is 0.423. The molecule has 0 aliphatic carbocycles. The largest absolute Gasteiger partial charge is 0.490 e. The fourth-order valence-corrected chi connectivity index (χ4v) is 2.74. The molecular weight excluding hydrogens is 389 g/mol. The van der Waals surface area contributed by atoms with Gasteiger partial charge in [0.15, 0.2) is 5.79 Å². The van der Waals surface area contributed by atoms with Crippen LogP contribution in [0.1, 0.15) is 65.0 Å². The van der Waals surface area contributed by atoms with Crippen LogP contribution in [0, 0.1) is 0 Å². The van der Waals surface area contributed by atoms with Gasteiger partial charge in [-0.25, -0.2) is 4.39 Å². The van der Waals surface area contributed by atoms with E-state index in [2.05, 4.69) is 43.9 Å². The van der Waals surface area contributed by atoms with Crippen LogP contribution in [0.2, 0.25) is 0 Å². The molecule has 1 aromatic rings. The van der Waals surface area contributed by atoms with E-state index in [4.69, 9.17) is 10.5 Å².